The minimum Gasteiger partial charge on any atom is -0.382 e. The van der Waals surface area contributed by atoms with Crippen LogP contribution in [0.4, 0.5) is 5.82 Å². The Balaban J connectivity index is 2.91. The molecule has 2 heterocycles. The zero-order chi connectivity index (χ0) is 10.3. The molecular weight excluding hydrogens is 178 g/mol. The van der Waals surface area contributed by atoms with E-state index in [9.17, 15) is 0 Å². The van der Waals surface area contributed by atoms with Crippen molar-refractivity contribution in [2.45, 2.75) is 6.92 Å². The number of aromatic nitrogens is 3. The quantitative estimate of drug-likeness (QED) is 0.659. The summed E-state index contributed by atoms with van der Waals surface area (Å²) in [6.45, 7) is 1.79. The number of fused-ring (bicyclic) bond motifs is 1. The molecule has 0 spiro atoms. The van der Waals surface area contributed by atoms with Crippen LogP contribution in [0, 0.1) is 18.3 Å². The van der Waals surface area contributed by atoms with Gasteiger partial charge in [-0.3, -0.25) is 0 Å². The van der Waals surface area contributed by atoms with Gasteiger partial charge in [-0.15, -0.1) is 0 Å². The van der Waals surface area contributed by atoms with Crippen LogP contribution in [-0.4, -0.2) is 14.8 Å². The van der Waals surface area contributed by atoms with Crippen molar-refractivity contribution < 1.29 is 0 Å². The number of rotatable bonds is 0. The third-order valence-corrected chi connectivity index (χ3v) is 2.15. The fourth-order valence-electron chi connectivity index (χ4n) is 1.40. The maximum atomic E-state index is 8.82. The third kappa shape index (κ3) is 1.01. The van der Waals surface area contributed by atoms with Gasteiger partial charge >= 0.3 is 0 Å². The van der Waals surface area contributed by atoms with Gasteiger partial charge in [0.25, 0.3) is 0 Å². The average Bonchev–Trinajstić information content (AvgIpc) is 2.41. The predicted octanol–water partition coefficient (Wildman–Crippen LogP) is 0.731. The summed E-state index contributed by atoms with van der Waals surface area (Å²) in [7, 11) is 1.77. The lowest BCUT2D eigenvalue weighted by Crippen LogP contribution is -1.94. The third-order valence-electron chi connectivity index (χ3n) is 2.15. The molecule has 2 aromatic rings. The minimum absolute atomic E-state index is 0.409. The lowest BCUT2D eigenvalue weighted by molar-refractivity contribution is 0.789. The summed E-state index contributed by atoms with van der Waals surface area (Å²) in [5.41, 5.74) is 7.61. The maximum Gasteiger partial charge on any atom is 0.160 e. The van der Waals surface area contributed by atoms with Crippen molar-refractivity contribution in [1.29, 1.82) is 5.26 Å². The Kier molecular flexibility index (Phi) is 1.64. The number of nitrogens with two attached hydrogens (primary N) is 1. The highest BCUT2D eigenvalue weighted by Crippen LogP contribution is 2.20. The maximum absolute atomic E-state index is 8.82. The van der Waals surface area contributed by atoms with Crippen molar-refractivity contribution in [2.75, 3.05) is 5.73 Å². The van der Waals surface area contributed by atoms with Gasteiger partial charge in [0.15, 0.2) is 11.5 Å². The topological polar surface area (TPSA) is 80.5 Å². The van der Waals surface area contributed by atoms with Crippen molar-refractivity contribution in [3.63, 3.8) is 0 Å². The van der Waals surface area contributed by atoms with E-state index in [-0.39, 0.29) is 0 Å². The van der Waals surface area contributed by atoms with Crippen LogP contribution in [0.2, 0.25) is 0 Å². The van der Waals surface area contributed by atoms with E-state index in [1.54, 1.807) is 24.7 Å². The Morgan fingerprint density at radius 3 is 2.93 bits per heavy atom. The van der Waals surface area contributed by atoms with Crippen molar-refractivity contribution >= 4 is 16.9 Å². The molecule has 2 rings (SSSR count). The van der Waals surface area contributed by atoms with Crippen molar-refractivity contribution in [2.24, 2.45) is 7.05 Å². The molecule has 0 aliphatic heterocycles. The Hall–Kier alpha value is -2.09. The first kappa shape index (κ1) is 8.51. The van der Waals surface area contributed by atoms with Gasteiger partial charge in [0.1, 0.15) is 6.07 Å². The molecule has 2 N–H and O–H groups in total. The molecular formula is C9H9N5. The van der Waals surface area contributed by atoms with E-state index < -0.39 is 0 Å². The summed E-state index contributed by atoms with van der Waals surface area (Å²) in [4.78, 5) is 4.26. The summed E-state index contributed by atoms with van der Waals surface area (Å²) in [6.07, 6.45) is 0. The Morgan fingerprint density at radius 2 is 2.29 bits per heavy atom. The molecule has 0 aliphatic carbocycles. The number of hydrogen-bond acceptors (Lipinski definition) is 4. The molecule has 5 nitrogen and oxygen atoms in total. The van der Waals surface area contributed by atoms with Crippen LogP contribution in [0.3, 0.4) is 0 Å². The summed E-state index contributed by atoms with van der Waals surface area (Å²) < 4.78 is 1.61. The van der Waals surface area contributed by atoms with Crippen LogP contribution in [0.1, 0.15) is 11.3 Å². The smallest absolute Gasteiger partial charge is 0.160 e. The molecule has 0 radical (unpaired) electrons. The fourth-order valence-corrected chi connectivity index (χ4v) is 1.40. The van der Waals surface area contributed by atoms with Crippen LogP contribution >= 0.6 is 0 Å². The molecule has 70 valence electrons. The predicted molar refractivity (Wildman–Crippen MR) is 52.4 cm³/mol. The van der Waals surface area contributed by atoms with E-state index in [2.05, 4.69) is 16.2 Å². The first-order valence-electron chi connectivity index (χ1n) is 4.13. The van der Waals surface area contributed by atoms with Gasteiger partial charge in [-0.05, 0) is 13.0 Å². The average molecular weight is 187 g/mol. The van der Waals surface area contributed by atoms with Gasteiger partial charge in [0.05, 0.1) is 16.6 Å². The van der Waals surface area contributed by atoms with E-state index >= 15 is 0 Å². The lowest BCUT2D eigenvalue weighted by Gasteiger charge is -1.97. The molecule has 0 saturated heterocycles. The molecule has 0 fully saturated rings. The first-order chi connectivity index (χ1) is 6.63. The fraction of sp³-hybridized carbons (Fsp3) is 0.222. The highest BCUT2D eigenvalue weighted by Gasteiger charge is 2.09. The molecule has 14 heavy (non-hydrogen) atoms. The van der Waals surface area contributed by atoms with E-state index in [4.69, 9.17) is 11.0 Å². The zero-order valence-electron chi connectivity index (χ0n) is 7.94. The zero-order valence-corrected chi connectivity index (χ0v) is 7.94. The number of aryl methyl sites for hydroxylation is 2. The molecule has 2 aromatic heterocycles. The second kappa shape index (κ2) is 2.70. The second-order valence-electron chi connectivity index (χ2n) is 3.11. The van der Waals surface area contributed by atoms with Gasteiger partial charge in [0, 0.05) is 7.05 Å². The van der Waals surface area contributed by atoms with Crippen molar-refractivity contribution in [3.05, 3.63) is 17.3 Å². The number of pyridine rings is 1. The molecule has 5 heteroatoms. The second-order valence-corrected chi connectivity index (χ2v) is 3.11. The highest BCUT2D eigenvalue weighted by atomic mass is 15.3. The van der Waals surface area contributed by atoms with Crippen LogP contribution in [0.5, 0.6) is 0 Å². The summed E-state index contributed by atoms with van der Waals surface area (Å²) >= 11 is 0. The monoisotopic (exact) mass is 187 g/mol. The van der Waals surface area contributed by atoms with Crippen LogP contribution in [0.25, 0.3) is 11.0 Å². The van der Waals surface area contributed by atoms with E-state index in [1.807, 2.05) is 0 Å². The standard InChI is InChI=1S/C9H9N5/c1-5-6(4-10)3-7-8(11)13-14(2)9(7)12-5/h3H,1-2H3,(H2,11,13). The number of nitrogen functional groups attached to an aromatic ring is 1. The normalized spacial score (nSPS) is 10.4. The van der Waals surface area contributed by atoms with Gasteiger partial charge < -0.3 is 5.73 Å². The molecule has 0 amide bonds. The molecule has 0 saturated carbocycles. The largest absolute Gasteiger partial charge is 0.382 e. The molecule has 0 unspecified atom stereocenters. The Morgan fingerprint density at radius 1 is 1.57 bits per heavy atom. The molecule has 0 aliphatic rings. The molecule has 0 aromatic carbocycles. The minimum atomic E-state index is 0.409. The molecule has 0 bridgehead atoms. The van der Waals surface area contributed by atoms with Crippen LogP contribution < -0.4 is 5.73 Å². The van der Waals surface area contributed by atoms with Gasteiger partial charge in [-0.1, -0.05) is 0 Å². The van der Waals surface area contributed by atoms with Crippen molar-refractivity contribution in [1.82, 2.24) is 14.8 Å². The van der Waals surface area contributed by atoms with Gasteiger partial charge in [0.2, 0.25) is 0 Å². The number of nitrogens with zero attached hydrogens (tertiary/aromatic N) is 4. The van der Waals surface area contributed by atoms with Crippen LogP contribution in [-0.2, 0) is 7.05 Å². The van der Waals surface area contributed by atoms with E-state index in [1.165, 1.54) is 0 Å². The summed E-state index contributed by atoms with van der Waals surface area (Å²) in [6, 6.07) is 3.79. The first-order valence-corrected chi connectivity index (χ1v) is 4.13. The van der Waals surface area contributed by atoms with Gasteiger partial charge in [-0.25, -0.2) is 9.67 Å². The highest BCUT2D eigenvalue weighted by molar-refractivity contribution is 5.87. The van der Waals surface area contributed by atoms with Gasteiger partial charge in [-0.2, -0.15) is 10.4 Å². The molecule has 0 atom stereocenters. The SMILES string of the molecule is Cc1nc2c(cc1C#N)c(N)nn2C. The Labute approximate surface area is 80.8 Å². The van der Waals surface area contributed by atoms with Crippen LogP contribution in [0.15, 0.2) is 6.07 Å². The Bertz CT molecular complexity index is 546. The number of anilines is 1. The van der Waals surface area contributed by atoms with E-state index in [0.29, 0.717) is 22.7 Å². The number of nitriles is 1. The lowest BCUT2D eigenvalue weighted by atomic mass is 10.2. The van der Waals surface area contributed by atoms with Crippen molar-refractivity contribution in [3.8, 4) is 6.07 Å². The summed E-state index contributed by atoms with van der Waals surface area (Å²) in [5.74, 6) is 0.409. The number of hydrogen-bond donors (Lipinski definition) is 1. The van der Waals surface area contributed by atoms with E-state index in [0.717, 1.165) is 5.39 Å². The summed E-state index contributed by atoms with van der Waals surface area (Å²) in [5, 5.41) is 13.6.